The third-order valence-corrected chi connectivity index (χ3v) is 4.43. The molecule has 2 heterocycles. The third-order valence-electron chi connectivity index (χ3n) is 4.43. The molecule has 0 radical (unpaired) electrons. The fraction of sp³-hybridized carbons (Fsp3) is 0.238. The Morgan fingerprint density at radius 1 is 1.07 bits per heavy atom. The van der Waals surface area contributed by atoms with Crippen LogP contribution >= 0.6 is 0 Å². The average molecular weight is 361 g/mol. The maximum absolute atomic E-state index is 12.5. The second-order valence-electron chi connectivity index (χ2n) is 6.41. The summed E-state index contributed by atoms with van der Waals surface area (Å²) >= 11 is 0. The molecule has 0 spiro atoms. The first-order valence-electron chi connectivity index (χ1n) is 8.88. The van der Waals surface area contributed by atoms with E-state index in [1.165, 1.54) is 11.1 Å². The van der Waals surface area contributed by atoms with Gasteiger partial charge in [0.2, 0.25) is 5.95 Å². The van der Waals surface area contributed by atoms with Crippen molar-refractivity contribution in [3.8, 4) is 0 Å². The molecule has 1 amide bonds. The number of hydrogen-bond acceptors (Lipinski definition) is 5. The van der Waals surface area contributed by atoms with E-state index in [-0.39, 0.29) is 5.91 Å². The van der Waals surface area contributed by atoms with Crippen LogP contribution in [0.1, 0.15) is 27.0 Å². The molecule has 3 aromatic rings. The number of likely N-dealkylation sites (N-methyl/N-ethyl adjacent to an activating group) is 1. The summed E-state index contributed by atoms with van der Waals surface area (Å²) < 4.78 is 0. The number of nitrogens with zero attached hydrogens (tertiary/aromatic N) is 4. The number of hydrogen-bond donors (Lipinski definition) is 1. The van der Waals surface area contributed by atoms with Gasteiger partial charge in [-0.2, -0.15) is 0 Å². The smallest absolute Gasteiger partial charge is 0.256 e. The maximum Gasteiger partial charge on any atom is 0.256 e. The molecule has 0 aliphatic rings. The van der Waals surface area contributed by atoms with E-state index in [9.17, 15) is 4.79 Å². The number of nitrogens with one attached hydrogen (secondary N) is 1. The molecule has 0 atom stereocenters. The lowest BCUT2D eigenvalue weighted by Crippen LogP contribution is -2.29. The molecule has 0 aliphatic carbocycles. The number of benzene rings is 1. The zero-order chi connectivity index (χ0) is 19.1. The summed E-state index contributed by atoms with van der Waals surface area (Å²) in [6.45, 7) is 3.34. The van der Waals surface area contributed by atoms with Gasteiger partial charge in [-0.1, -0.05) is 24.3 Å². The van der Waals surface area contributed by atoms with E-state index in [0.717, 1.165) is 12.0 Å². The van der Waals surface area contributed by atoms with Crippen molar-refractivity contribution < 1.29 is 4.79 Å². The van der Waals surface area contributed by atoms with E-state index < -0.39 is 0 Å². The molecule has 0 saturated carbocycles. The van der Waals surface area contributed by atoms with Crippen molar-refractivity contribution in [1.29, 1.82) is 0 Å². The summed E-state index contributed by atoms with van der Waals surface area (Å²) in [7, 11) is 1.79. The highest BCUT2D eigenvalue weighted by Gasteiger charge is 2.13. The number of carbonyl (C=O) groups excluding carboxylic acids is 1. The molecule has 1 N–H and O–H groups in total. The summed E-state index contributed by atoms with van der Waals surface area (Å²) in [5.41, 5.74) is 4.04. The summed E-state index contributed by atoms with van der Waals surface area (Å²) in [5, 5.41) is 3.19. The van der Waals surface area contributed by atoms with E-state index in [0.29, 0.717) is 24.6 Å². The number of aromatic nitrogens is 3. The van der Waals surface area contributed by atoms with E-state index >= 15 is 0 Å². The molecule has 0 unspecified atom stereocenters. The Morgan fingerprint density at radius 3 is 2.48 bits per heavy atom. The first-order valence-corrected chi connectivity index (χ1v) is 8.88. The van der Waals surface area contributed by atoms with Crippen LogP contribution in [-0.4, -0.2) is 39.4 Å². The highest BCUT2D eigenvalue weighted by Crippen LogP contribution is 2.10. The minimum absolute atomic E-state index is 0.0884. The van der Waals surface area contributed by atoms with Gasteiger partial charge in [-0.3, -0.25) is 9.78 Å². The van der Waals surface area contributed by atoms with Gasteiger partial charge in [0.1, 0.15) is 0 Å². The van der Waals surface area contributed by atoms with Crippen LogP contribution in [-0.2, 0) is 13.0 Å². The number of pyridine rings is 1. The lowest BCUT2D eigenvalue weighted by Gasteiger charge is -2.17. The Labute approximate surface area is 159 Å². The van der Waals surface area contributed by atoms with Crippen molar-refractivity contribution in [3.05, 3.63) is 83.4 Å². The van der Waals surface area contributed by atoms with Crippen molar-refractivity contribution in [2.75, 3.05) is 18.9 Å². The maximum atomic E-state index is 12.5. The van der Waals surface area contributed by atoms with Crippen LogP contribution in [0.4, 0.5) is 5.95 Å². The number of anilines is 1. The van der Waals surface area contributed by atoms with Crippen molar-refractivity contribution in [1.82, 2.24) is 19.9 Å². The zero-order valence-electron chi connectivity index (χ0n) is 15.6. The largest absolute Gasteiger partial charge is 0.350 e. The molecule has 3 rings (SSSR count). The SMILES string of the molecule is Cc1ccccc1CNc1ncc(C(=O)N(C)CCc2ccncc2)cn1. The molecule has 2 aromatic heterocycles. The molecular weight excluding hydrogens is 338 g/mol. The molecule has 6 heteroatoms. The van der Waals surface area contributed by atoms with Crippen LogP contribution in [0.25, 0.3) is 0 Å². The Balaban J connectivity index is 1.54. The third kappa shape index (κ3) is 5.10. The van der Waals surface area contributed by atoms with Crippen molar-refractivity contribution in [2.24, 2.45) is 0 Å². The first-order chi connectivity index (χ1) is 13.1. The summed E-state index contributed by atoms with van der Waals surface area (Å²) in [6.07, 6.45) is 7.43. The van der Waals surface area contributed by atoms with Gasteiger partial charge < -0.3 is 10.2 Å². The molecular formula is C21H23N5O. The predicted molar refractivity (Wildman–Crippen MR) is 105 cm³/mol. The fourth-order valence-electron chi connectivity index (χ4n) is 2.68. The zero-order valence-corrected chi connectivity index (χ0v) is 15.6. The second kappa shape index (κ2) is 8.89. The van der Waals surface area contributed by atoms with Crippen LogP contribution in [0, 0.1) is 6.92 Å². The summed E-state index contributed by atoms with van der Waals surface area (Å²) in [5.74, 6) is 0.420. The number of aryl methyl sites for hydroxylation is 1. The van der Waals surface area contributed by atoms with Gasteiger partial charge in [0.25, 0.3) is 5.91 Å². The Bertz CT molecular complexity index is 881. The van der Waals surface area contributed by atoms with Crippen molar-refractivity contribution >= 4 is 11.9 Å². The lowest BCUT2D eigenvalue weighted by molar-refractivity contribution is 0.0796. The Hall–Kier alpha value is -3.28. The molecule has 0 bridgehead atoms. The summed E-state index contributed by atoms with van der Waals surface area (Å²) in [6, 6.07) is 12.1. The molecule has 0 saturated heterocycles. The molecule has 0 aliphatic heterocycles. The van der Waals surface area contributed by atoms with E-state index in [2.05, 4.69) is 39.3 Å². The van der Waals surface area contributed by atoms with E-state index in [1.807, 2.05) is 24.3 Å². The predicted octanol–water partition coefficient (Wildman–Crippen LogP) is 3.11. The normalized spacial score (nSPS) is 10.4. The van der Waals surface area contributed by atoms with Gasteiger partial charge in [0, 0.05) is 44.9 Å². The van der Waals surface area contributed by atoms with Crippen LogP contribution < -0.4 is 5.32 Å². The van der Waals surface area contributed by atoms with Gasteiger partial charge in [0.05, 0.1) is 5.56 Å². The quantitative estimate of drug-likeness (QED) is 0.700. The molecule has 27 heavy (non-hydrogen) atoms. The summed E-state index contributed by atoms with van der Waals surface area (Å²) in [4.78, 5) is 26.7. The van der Waals surface area contributed by atoms with Gasteiger partial charge in [-0.15, -0.1) is 0 Å². The van der Waals surface area contributed by atoms with Crippen molar-refractivity contribution in [3.63, 3.8) is 0 Å². The molecule has 0 fully saturated rings. The highest BCUT2D eigenvalue weighted by atomic mass is 16.2. The molecule has 138 valence electrons. The van der Waals surface area contributed by atoms with Crippen LogP contribution in [0.5, 0.6) is 0 Å². The van der Waals surface area contributed by atoms with Crippen LogP contribution in [0.3, 0.4) is 0 Å². The minimum atomic E-state index is -0.0884. The number of carbonyl (C=O) groups is 1. The van der Waals surface area contributed by atoms with Crippen LogP contribution in [0.15, 0.2) is 61.2 Å². The Kier molecular flexibility index (Phi) is 6.10. The number of amides is 1. The lowest BCUT2D eigenvalue weighted by atomic mass is 10.1. The van der Waals surface area contributed by atoms with Gasteiger partial charge in [0.15, 0.2) is 0 Å². The van der Waals surface area contributed by atoms with E-state index in [4.69, 9.17) is 0 Å². The number of rotatable bonds is 7. The monoisotopic (exact) mass is 361 g/mol. The first kappa shape index (κ1) is 18.5. The van der Waals surface area contributed by atoms with Crippen molar-refractivity contribution in [2.45, 2.75) is 19.9 Å². The Morgan fingerprint density at radius 2 is 1.78 bits per heavy atom. The minimum Gasteiger partial charge on any atom is -0.350 e. The molecule has 6 nitrogen and oxygen atoms in total. The molecule has 1 aromatic carbocycles. The average Bonchev–Trinajstić information content (AvgIpc) is 2.72. The second-order valence-corrected chi connectivity index (χ2v) is 6.41. The standard InChI is InChI=1S/C21H23N5O/c1-16-5-3-4-6-18(16)13-23-21-24-14-19(15-25-21)20(27)26(2)12-9-17-7-10-22-11-8-17/h3-8,10-11,14-15H,9,12-13H2,1-2H3,(H,23,24,25). The van der Waals surface area contributed by atoms with Gasteiger partial charge >= 0.3 is 0 Å². The van der Waals surface area contributed by atoms with Crippen LogP contribution in [0.2, 0.25) is 0 Å². The topological polar surface area (TPSA) is 71.0 Å². The van der Waals surface area contributed by atoms with Gasteiger partial charge in [-0.05, 0) is 42.2 Å². The van der Waals surface area contributed by atoms with Gasteiger partial charge in [-0.25, -0.2) is 9.97 Å². The highest BCUT2D eigenvalue weighted by molar-refractivity contribution is 5.93. The fourth-order valence-corrected chi connectivity index (χ4v) is 2.68. The van der Waals surface area contributed by atoms with E-state index in [1.54, 1.807) is 36.7 Å².